The molecule has 0 spiro atoms. The fraction of sp³-hybridized carbons (Fsp3) is 0.522. The van der Waals surface area contributed by atoms with Gasteiger partial charge in [-0.15, -0.1) is 0 Å². The first-order chi connectivity index (χ1) is 15.1. The van der Waals surface area contributed by atoms with E-state index in [4.69, 9.17) is 0 Å². The Hall–Kier alpha value is -2.55. The SMILES string of the molecule is CCCNC(CCCN1C(=O)c2ccc(CNCc3ncc[nH]3)cc2C1=O)NCCC. The third-order valence-corrected chi connectivity index (χ3v) is 5.37. The minimum atomic E-state index is -0.188. The molecule has 31 heavy (non-hydrogen) atoms. The highest BCUT2D eigenvalue weighted by atomic mass is 16.2. The van der Waals surface area contributed by atoms with E-state index in [-0.39, 0.29) is 18.0 Å². The Bertz CT molecular complexity index is 844. The van der Waals surface area contributed by atoms with Gasteiger partial charge >= 0.3 is 0 Å². The summed E-state index contributed by atoms with van der Waals surface area (Å²) in [4.78, 5) is 34.2. The fourth-order valence-corrected chi connectivity index (χ4v) is 3.74. The maximum Gasteiger partial charge on any atom is 0.261 e. The molecule has 168 valence electrons. The second-order valence-corrected chi connectivity index (χ2v) is 7.88. The summed E-state index contributed by atoms with van der Waals surface area (Å²) in [6, 6.07) is 5.51. The highest BCUT2D eigenvalue weighted by molar-refractivity contribution is 6.21. The number of H-pyrrole nitrogens is 1. The lowest BCUT2D eigenvalue weighted by Gasteiger charge is -2.21. The predicted molar refractivity (Wildman–Crippen MR) is 121 cm³/mol. The van der Waals surface area contributed by atoms with E-state index in [1.165, 1.54) is 4.90 Å². The van der Waals surface area contributed by atoms with Gasteiger partial charge in [-0.25, -0.2) is 4.98 Å². The fourth-order valence-electron chi connectivity index (χ4n) is 3.74. The number of aromatic amines is 1. The highest BCUT2D eigenvalue weighted by Gasteiger charge is 2.35. The molecule has 2 amide bonds. The molecule has 2 aromatic rings. The predicted octanol–water partition coefficient (Wildman–Crippen LogP) is 2.40. The number of nitrogens with zero attached hydrogens (tertiary/aromatic N) is 2. The molecule has 0 fully saturated rings. The Kier molecular flexibility index (Phi) is 8.75. The van der Waals surface area contributed by atoms with Gasteiger partial charge in [0.2, 0.25) is 0 Å². The van der Waals surface area contributed by atoms with Crippen molar-refractivity contribution in [3.05, 3.63) is 53.1 Å². The van der Waals surface area contributed by atoms with Crippen molar-refractivity contribution >= 4 is 11.8 Å². The average molecular weight is 427 g/mol. The van der Waals surface area contributed by atoms with E-state index in [2.05, 4.69) is 39.8 Å². The zero-order valence-electron chi connectivity index (χ0n) is 18.5. The third-order valence-electron chi connectivity index (χ3n) is 5.37. The van der Waals surface area contributed by atoms with Gasteiger partial charge in [-0.3, -0.25) is 14.5 Å². The van der Waals surface area contributed by atoms with Crippen molar-refractivity contribution in [3.8, 4) is 0 Å². The van der Waals surface area contributed by atoms with Crippen LogP contribution < -0.4 is 16.0 Å². The summed E-state index contributed by atoms with van der Waals surface area (Å²) in [6.45, 7) is 7.84. The molecule has 1 aromatic carbocycles. The summed E-state index contributed by atoms with van der Waals surface area (Å²) in [6.07, 6.45) is 7.49. The first-order valence-corrected chi connectivity index (χ1v) is 11.3. The molecule has 3 rings (SSSR count). The van der Waals surface area contributed by atoms with Gasteiger partial charge in [0.05, 0.1) is 23.8 Å². The Balaban J connectivity index is 1.52. The first kappa shape index (κ1) is 23.1. The minimum Gasteiger partial charge on any atom is -0.348 e. The molecule has 8 nitrogen and oxygen atoms in total. The quantitative estimate of drug-likeness (QED) is 0.273. The topological polar surface area (TPSA) is 102 Å². The zero-order valence-corrected chi connectivity index (χ0v) is 18.5. The van der Waals surface area contributed by atoms with Crippen LogP contribution in [0, 0.1) is 0 Å². The molecule has 0 aliphatic carbocycles. The molecule has 0 atom stereocenters. The van der Waals surface area contributed by atoms with E-state index in [0.717, 1.165) is 50.2 Å². The molecular weight excluding hydrogens is 392 g/mol. The van der Waals surface area contributed by atoms with Gasteiger partial charge in [-0.05, 0) is 56.5 Å². The van der Waals surface area contributed by atoms with Crippen LogP contribution in [0.2, 0.25) is 0 Å². The average Bonchev–Trinajstić information content (AvgIpc) is 3.37. The lowest BCUT2D eigenvalue weighted by Crippen LogP contribution is -2.43. The van der Waals surface area contributed by atoms with Crippen LogP contribution in [0.15, 0.2) is 30.6 Å². The number of carbonyl (C=O) groups excluding carboxylic acids is 2. The second-order valence-electron chi connectivity index (χ2n) is 7.88. The van der Waals surface area contributed by atoms with Crippen LogP contribution in [-0.4, -0.2) is 52.5 Å². The molecule has 4 N–H and O–H groups in total. The van der Waals surface area contributed by atoms with Crippen molar-refractivity contribution in [2.75, 3.05) is 19.6 Å². The number of fused-ring (bicyclic) bond motifs is 1. The molecule has 1 aliphatic rings. The van der Waals surface area contributed by atoms with Gasteiger partial charge in [-0.2, -0.15) is 0 Å². The van der Waals surface area contributed by atoms with Gasteiger partial charge in [-0.1, -0.05) is 19.9 Å². The molecule has 1 aromatic heterocycles. The van der Waals surface area contributed by atoms with E-state index in [1.54, 1.807) is 18.5 Å². The number of aromatic nitrogens is 2. The summed E-state index contributed by atoms with van der Waals surface area (Å²) >= 11 is 0. The zero-order chi connectivity index (χ0) is 22.1. The van der Waals surface area contributed by atoms with Gasteiger partial charge in [0.1, 0.15) is 5.82 Å². The lowest BCUT2D eigenvalue weighted by molar-refractivity contribution is 0.0649. The standard InChI is InChI=1S/C23H34N6O2/c1-3-9-25-20(26-10-4-2)6-5-13-29-22(30)18-8-7-17(14-19(18)23(29)31)15-24-16-21-27-11-12-28-21/h7-8,11-12,14,20,24-26H,3-6,9-10,13,15-16H2,1-2H3,(H,27,28). The normalized spacial score (nSPS) is 13.5. The second kappa shape index (κ2) is 11.7. The number of benzene rings is 1. The monoisotopic (exact) mass is 426 g/mol. The lowest BCUT2D eigenvalue weighted by atomic mass is 10.1. The number of hydrogen-bond donors (Lipinski definition) is 4. The van der Waals surface area contributed by atoms with Crippen molar-refractivity contribution < 1.29 is 9.59 Å². The van der Waals surface area contributed by atoms with Crippen LogP contribution in [-0.2, 0) is 13.1 Å². The summed E-state index contributed by atoms with van der Waals surface area (Å²) in [7, 11) is 0. The molecule has 2 heterocycles. The Morgan fingerprint density at radius 2 is 1.77 bits per heavy atom. The number of carbonyl (C=O) groups is 2. The molecule has 0 radical (unpaired) electrons. The number of imide groups is 1. The summed E-state index contributed by atoms with van der Waals surface area (Å²) in [5, 5.41) is 10.3. The summed E-state index contributed by atoms with van der Waals surface area (Å²) in [5.74, 6) is 0.487. The first-order valence-electron chi connectivity index (χ1n) is 11.3. The minimum absolute atomic E-state index is 0.185. The van der Waals surface area contributed by atoms with Gasteiger partial charge in [0.25, 0.3) is 11.8 Å². The van der Waals surface area contributed by atoms with Crippen LogP contribution in [0.5, 0.6) is 0 Å². The van der Waals surface area contributed by atoms with Gasteiger partial charge in [0, 0.05) is 25.5 Å². The molecule has 1 aliphatic heterocycles. The maximum atomic E-state index is 12.9. The van der Waals surface area contributed by atoms with Crippen molar-refractivity contribution in [1.29, 1.82) is 0 Å². The molecule has 0 bridgehead atoms. The van der Waals surface area contributed by atoms with Crippen molar-refractivity contribution in [2.45, 2.75) is 58.8 Å². The van der Waals surface area contributed by atoms with Crippen molar-refractivity contribution in [1.82, 2.24) is 30.8 Å². The molecule has 0 saturated heterocycles. The molecule has 8 heteroatoms. The molecular formula is C23H34N6O2. The van der Waals surface area contributed by atoms with E-state index in [9.17, 15) is 9.59 Å². The van der Waals surface area contributed by atoms with E-state index in [1.807, 2.05) is 12.1 Å². The Morgan fingerprint density at radius 1 is 1.03 bits per heavy atom. The van der Waals surface area contributed by atoms with E-state index in [0.29, 0.717) is 30.8 Å². The summed E-state index contributed by atoms with van der Waals surface area (Å²) in [5.41, 5.74) is 1.98. The number of nitrogens with one attached hydrogen (secondary N) is 4. The van der Waals surface area contributed by atoms with Crippen LogP contribution in [0.3, 0.4) is 0 Å². The van der Waals surface area contributed by atoms with E-state index < -0.39 is 0 Å². The van der Waals surface area contributed by atoms with Crippen LogP contribution in [0.1, 0.15) is 71.6 Å². The smallest absolute Gasteiger partial charge is 0.261 e. The molecule has 0 saturated carbocycles. The highest BCUT2D eigenvalue weighted by Crippen LogP contribution is 2.24. The Labute approximate surface area is 184 Å². The number of amides is 2. The summed E-state index contributed by atoms with van der Waals surface area (Å²) < 4.78 is 0. The maximum absolute atomic E-state index is 12.9. The van der Waals surface area contributed by atoms with Crippen molar-refractivity contribution in [2.24, 2.45) is 0 Å². The number of rotatable bonds is 14. The van der Waals surface area contributed by atoms with Gasteiger partial charge in [0.15, 0.2) is 0 Å². The third kappa shape index (κ3) is 6.22. The van der Waals surface area contributed by atoms with Gasteiger partial charge < -0.3 is 20.9 Å². The van der Waals surface area contributed by atoms with E-state index >= 15 is 0 Å². The number of hydrogen-bond acceptors (Lipinski definition) is 6. The van der Waals surface area contributed by atoms with Crippen LogP contribution >= 0.6 is 0 Å². The molecule has 0 unspecified atom stereocenters. The largest absolute Gasteiger partial charge is 0.348 e. The Morgan fingerprint density at radius 3 is 2.45 bits per heavy atom. The van der Waals surface area contributed by atoms with Crippen LogP contribution in [0.25, 0.3) is 0 Å². The number of imidazole rings is 1. The van der Waals surface area contributed by atoms with Crippen molar-refractivity contribution in [3.63, 3.8) is 0 Å². The van der Waals surface area contributed by atoms with Crippen LogP contribution in [0.4, 0.5) is 0 Å².